The summed E-state index contributed by atoms with van der Waals surface area (Å²) in [7, 11) is 2.15. The van der Waals surface area contributed by atoms with Crippen LogP contribution < -0.4 is 5.73 Å². The van der Waals surface area contributed by atoms with Crippen LogP contribution in [0.1, 0.15) is 36.4 Å². The third-order valence-electron chi connectivity index (χ3n) is 4.08. The largest absolute Gasteiger partial charge is 0.330 e. The van der Waals surface area contributed by atoms with Gasteiger partial charge in [-0.15, -0.1) is 0 Å². The molecule has 1 saturated heterocycles. The number of aryl methyl sites for hydroxylation is 1. The lowest BCUT2D eigenvalue weighted by molar-refractivity contribution is 0.196. The number of halogens is 1. The standard InChI is InChI=1S/C15H23FN2/c1-11-9-12(6-7-14(11)16)15-13(10-17)5-3-4-8-18(15)2/h6-7,9,13,15H,3-5,8,10,17H2,1-2H3. The molecule has 1 aliphatic heterocycles. The van der Waals surface area contributed by atoms with Gasteiger partial charge in [0.2, 0.25) is 0 Å². The maximum Gasteiger partial charge on any atom is 0.126 e. The minimum atomic E-state index is -0.126. The predicted octanol–water partition coefficient (Wildman–Crippen LogP) is 2.87. The zero-order valence-corrected chi connectivity index (χ0v) is 11.3. The fourth-order valence-corrected chi connectivity index (χ4v) is 3.05. The summed E-state index contributed by atoms with van der Waals surface area (Å²) in [5.74, 6) is 0.349. The first-order chi connectivity index (χ1) is 8.63. The number of nitrogens with zero attached hydrogens (tertiary/aromatic N) is 1. The van der Waals surface area contributed by atoms with E-state index in [9.17, 15) is 4.39 Å². The van der Waals surface area contributed by atoms with E-state index in [1.807, 2.05) is 19.1 Å². The van der Waals surface area contributed by atoms with Crippen LogP contribution in [0, 0.1) is 18.7 Å². The van der Waals surface area contributed by atoms with Gasteiger partial charge in [-0.2, -0.15) is 0 Å². The summed E-state index contributed by atoms with van der Waals surface area (Å²) >= 11 is 0. The van der Waals surface area contributed by atoms with Crippen LogP contribution in [0.25, 0.3) is 0 Å². The number of rotatable bonds is 2. The highest BCUT2D eigenvalue weighted by atomic mass is 19.1. The Kier molecular flexibility index (Phi) is 4.36. The number of benzene rings is 1. The maximum absolute atomic E-state index is 13.4. The van der Waals surface area contributed by atoms with Crippen molar-refractivity contribution in [1.82, 2.24) is 4.90 Å². The Bertz CT molecular complexity index is 405. The lowest BCUT2D eigenvalue weighted by Gasteiger charge is -2.32. The van der Waals surface area contributed by atoms with Crippen molar-refractivity contribution in [2.45, 2.75) is 32.2 Å². The second-order valence-corrected chi connectivity index (χ2v) is 5.43. The van der Waals surface area contributed by atoms with Crippen LogP contribution in [0.2, 0.25) is 0 Å². The third kappa shape index (κ3) is 2.73. The summed E-state index contributed by atoms with van der Waals surface area (Å²) in [6, 6.07) is 5.80. The molecule has 2 atom stereocenters. The van der Waals surface area contributed by atoms with Crippen LogP contribution in [0.3, 0.4) is 0 Å². The van der Waals surface area contributed by atoms with Crippen LogP contribution >= 0.6 is 0 Å². The number of likely N-dealkylation sites (tertiary alicyclic amines) is 1. The van der Waals surface area contributed by atoms with Crippen LogP contribution in [0.4, 0.5) is 4.39 Å². The zero-order valence-electron chi connectivity index (χ0n) is 11.3. The predicted molar refractivity (Wildman–Crippen MR) is 72.9 cm³/mol. The molecule has 2 rings (SSSR count). The Morgan fingerprint density at radius 2 is 2.17 bits per heavy atom. The van der Waals surface area contributed by atoms with E-state index in [2.05, 4.69) is 11.9 Å². The summed E-state index contributed by atoms with van der Waals surface area (Å²) in [5, 5.41) is 0. The summed E-state index contributed by atoms with van der Waals surface area (Å²) in [6.07, 6.45) is 3.63. The Morgan fingerprint density at radius 1 is 1.39 bits per heavy atom. The molecule has 18 heavy (non-hydrogen) atoms. The molecule has 1 aromatic carbocycles. The van der Waals surface area contributed by atoms with Crippen molar-refractivity contribution >= 4 is 0 Å². The number of hydrogen-bond donors (Lipinski definition) is 1. The number of nitrogens with two attached hydrogens (primary N) is 1. The lowest BCUT2D eigenvalue weighted by Crippen LogP contribution is -2.33. The van der Waals surface area contributed by atoms with E-state index in [-0.39, 0.29) is 5.82 Å². The van der Waals surface area contributed by atoms with Crippen molar-refractivity contribution in [3.05, 3.63) is 35.1 Å². The smallest absolute Gasteiger partial charge is 0.126 e. The Labute approximate surface area is 109 Å². The summed E-state index contributed by atoms with van der Waals surface area (Å²) in [5.41, 5.74) is 7.86. The molecule has 1 aliphatic rings. The first kappa shape index (κ1) is 13.5. The molecule has 1 fully saturated rings. The summed E-state index contributed by atoms with van der Waals surface area (Å²) in [4.78, 5) is 2.37. The van der Waals surface area contributed by atoms with Crippen molar-refractivity contribution in [3.8, 4) is 0 Å². The third-order valence-corrected chi connectivity index (χ3v) is 4.08. The molecule has 0 aliphatic carbocycles. The minimum absolute atomic E-state index is 0.126. The molecule has 2 unspecified atom stereocenters. The summed E-state index contributed by atoms with van der Waals surface area (Å²) < 4.78 is 13.4. The van der Waals surface area contributed by atoms with Crippen LogP contribution in [0.15, 0.2) is 18.2 Å². The zero-order chi connectivity index (χ0) is 13.1. The average molecular weight is 250 g/mol. The lowest BCUT2D eigenvalue weighted by atomic mass is 9.89. The molecule has 0 spiro atoms. The van der Waals surface area contributed by atoms with Gasteiger partial charge in [0, 0.05) is 6.04 Å². The van der Waals surface area contributed by atoms with Crippen LogP contribution in [0.5, 0.6) is 0 Å². The molecule has 1 aromatic rings. The second kappa shape index (κ2) is 5.81. The Balaban J connectivity index is 2.33. The molecular formula is C15H23FN2. The topological polar surface area (TPSA) is 29.3 Å². The molecule has 0 saturated carbocycles. The van der Waals surface area contributed by atoms with Gasteiger partial charge in [-0.05, 0) is 63.0 Å². The fourth-order valence-electron chi connectivity index (χ4n) is 3.05. The molecule has 0 aromatic heterocycles. The number of hydrogen-bond acceptors (Lipinski definition) is 2. The van der Waals surface area contributed by atoms with Gasteiger partial charge in [0.25, 0.3) is 0 Å². The molecule has 100 valence electrons. The van der Waals surface area contributed by atoms with E-state index in [1.165, 1.54) is 24.8 Å². The minimum Gasteiger partial charge on any atom is -0.330 e. The van der Waals surface area contributed by atoms with Gasteiger partial charge < -0.3 is 5.73 Å². The fraction of sp³-hybridized carbons (Fsp3) is 0.600. The van der Waals surface area contributed by atoms with Gasteiger partial charge in [0.1, 0.15) is 5.82 Å². The van der Waals surface area contributed by atoms with Crippen molar-refractivity contribution in [1.29, 1.82) is 0 Å². The van der Waals surface area contributed by atoms with Crippen LogP contribution in [-0.2, 0) is 0 Å². The van der Waals surface area contributed by atoms with Gasteiger partial charge >= 0.3 is 0 Å². The van der Waals surface area contributed by atoms with Crippen molar-refractivity contribution in [2.75, 3.05) is 20.1 Å². The average Bonchev–Trinajstić information content (AvgIpc) is 2.54. The molecule has 0 bridgehead atoms. The van der Waals surface area contributed by atoms with Gasteiger partial charge in [-0.3, -0.25) is 4.90 Å². The molecule has 2 nitrogen and oxygen atoms in total. The van der Waals surface area contributed by atoms with Gasteiger partial charge in [-0.1, -0.05) is 18.6 Å². The monoisotopic (exact) mass is 250 g/mol. The van der Waals surface area contributed by atoms with Gasteiger partial charge in [0.05, 0.1) is 0 Å². The van der Waals surface area contributed by atoms with E-state index in [0.717, 1.165) is 12.1 Å². The Morgan fingerprint density at radius 3 is 2.83 bits per heavy atom. The van der Waals surface area contributed by atoms with E-state index in [0.29, 0.717) is 18.5 Å². The van der Waals surface area contributed by atoms with E-state index >= 15 is 0 Å². The van der Waals surface area contributed by atoms with E-state index in [1.54, 1.807) is 6.07 Å². The quantitative estimate of drug-likeness (QED) is 0.874. The molecule has 3 heteroatoms. The van der Waals surface area contributed by atoms with Crippen molar-refractivity contribution in [3.63, 3.8) is 0 Å². The molecule has 0 amide bonds. The van der Waals surface area contributed by atoms with Gasteiger partial charge in [-0.25, -0.2) is 4.39 Å². The maximum atomic E-state index is 13.4. The normalized spacial score (nSPS) is 26.0. The highest BCUT2D eigenvalue weighted by molar-refractivity contribution is 5.27. The highest BCUT2D eigenvalue weighted by Crippen LogP contribution is 2.34. The molecular weight excluding hydrogens is 227 g/mol. The molecule has 0 radical (unpaired) electrons. The van der Waals surface area contributed by atoms with E-state index < -0.39 is 0 Å². The molecule has 2 N–H and O–H groups in total. The molecule has 1 heterocycles. The SMILES string of the molecule is Cc1cc(C2C(CN)CCCCN2C)ccc1F. The first-order valence-electron chi connectivity index (χ1n) is 6.80. The van der Waals surface area contributed by atoms with Crippen molar-refractivity contribution in [2.24, 2.45) is 11.7 Å². The highest BCUT2D eigenvalue weighted by Gasteiger charge is 2.28. The van der Waals surface area contributed by atoms with Crippen LogP contribution in [-0.4, -0.2) is 25.0 Å². The van der Waals surface area contributed by atoms with Gasteiger partial charge in [0.15, 0.2) is 0 Å². The Hall–Kier alpha value is -0.930. The summed E-state index contributed by atoms with van der Waals surface area (Å²) in [6.45, 7) is 3.62. The second-order valence-electron chi connectivity index (χ2n) is 5.43. The first-order valence-corrected chi connectivity index (χ1v) is 6.80. The van der Waals surface area contributed by atoms with E-state index in [4.69, 9.17) is 5.73 Å². The van der Waals surface area contributed by atoms with Crippen molar-refractivity contribution < 1.29 is 4.39 Å².